The molecule has 196 valence electrons. The first-order valence-electron chi connectivity index (χ1n) is 14.4. The van der Waals surface area contributed by atoms with E-state index in [1.165, 1.54) is 84.7 Å². The molecule has 0 aliphatic heterocycles. The van der Waals surface area contributed by atoms with Crippen LogP contribution in [0.25, 0.3) is 0 Å². The summed E-state index contributed by atoms with van der Waals surface area (Å²) in [6, 6.07) is 9.00. The summed E-state index contributed by atoms with van der Waals surface area (Å²) in [5, 5.41) is 0. The van der Waals surface area contributed by atoms with Crippen LogP contribution in [0.15, 0.2) is 24.3 Å². The summed E-state index contributed by atoms with van der Waals surface area (Å²) in [7, 11) is 0. The standard InChI is InChI=1S/2C12H18O.2C4H9.Sn/c2*1-4-5-6-11-10(3)9(2)7-8-12(11)13;2*1-3-4-2;/h2*7-8,13H,4-6H2,1-3H3;2*1,3-4H2,2H3;/q;;;;+2/p-2. The van der Waals surface area contributed by atoms with Crippen LogP contribution in [0, 0.1) is 27.7 Å². The van der Waals surface area contributed by atoms with Gasteiger partial charge in [-0.1, -0.05) is 0 Å². The van der Waals surface area contributed by atoms with Gasteiger partial charge in [0.2, 0.25) is 0 Å². The molecule has 0 N–H and O–H groups in total. The molecule has 0 atom stereocenters. The van der Waals surface area contributed by atoms with E-state index in [0.29, 0.717) is 0 Å². The maximum atomic E-state index is 7.29. The Morgan fingerprint density at radius 1 is 0.543 bits per heavy atom. The van der Waals surface area contributed by atoms with Crippen molar-refractivity contribution in [2.45, 2.75) is 128 Å². The fraction of sp³-hybridized carbons (Fsp3) is 0.625. The molecule has 0 aliphatic carbocycles. The van der Waals surface area contributed by atoms with Crippen molar-refractivity contribution < 1.29 is 6.15 Å². The van der Waals surface area contributed by atoms with Crippen molar-refractivity contribution in [3.8, 4) is 11.5 Å². The van der Waals surface area contributed by atoms with Crippen molar-refractivity contribution in [1.29, 1.82) is 0 Å². The average molecular weight is 587 g/mol. The third kappa shape index (κ3) is 8.44. The zero-order valence-electron chi connectivity index (χ0n) is 24.1. The second-order valence-corrected chi connectivity index (χ2v) is 19.7. The van der Waals surface area contributed by atoms with E-state index < -0.39 is 19.2 Å². The molecule has 0 aliphatic rings. The van der Waals surface area contributed by atoms with Gasteiger partial charge in [-0.15, -0.1) is 0 Å². The molecule has 0 fully saturated rings. The van der Waals surface area contributed by atoms with Gasteiger partial charge in [0.15, 0.2) is 0 Å². The zero-order valence-corrected chi connectivity index (χ0v) is 27.0. The van der Waals surface area contributed by atoms with Gasteiger partial charge in [-0.3, -0.25) is 0 Å². The van der Waals surface area contributed by atoms with E-state index in [9.17, 15) is 0 Å². The van der Waals surface area contributed by atoms with E-state index in [0.717, 1.165) is 33.2 Å². The van der Waals surface area contributed by atoms with Gasteiger partial charge >= 0.3 is 223 Å². The van der Waals surface area contributed by atoms with Gasteiger partial charge in [0.05, 0.1) is 0 Å². The topological polar surface area (TPSA) is 18.5 Å². The van der Waals surface area contributed by atoms with Crippen LogP contribution in [0.2, 0.25) is 8.87 Å². The molecule has 0 saturated heterocycles. The van der Waals surface area contributed by atoms with E-state index in [1.54, 1.807) is 0 Å². The van der Waals surface area contributed by atoms with E-state index in [2.05, 4.69) is 79.7 Å². The Labute approximate surface area is 222 Å². The van der Waals surface area contributed by atoms with E-state index in [-0.39, 0.29) is 0 Å². The summed E-state index contributed by atoms with van der Waals surface area (Å²) in [6.07, 6.45) is 11.7. The first kappa shape index (κ1) is 30.1. The van der Waals surface area contributed by atoms with Crippen molar-refractivity contribution >= 4 is 19.2 Å². The van der Waals surface area contributed by atoms with E-state index in [4.69, 9.17) is 6.15 Å². The van der Waals surface area contributed by atoms with Crippen LogP contribution in [0.3, 0.4) is 0 Å². The first-order valence-corrected chi connectivity index (χ1v) is 20.7. The number of hydrogen-bond acceptors (Lipinski definition) is 2. The van der Waals surface area contributed by atoms with Crippen molar-refractivity contribution in [3.63, 3.8) is 0 Å². The van der Waals surface area contributed by atoms with Crippen molar-refractivity contribution in [2.75, 3.05) is 0 Å². The van der Waals surface area contributed by atoms with Gasteiger partial charge in [-0.2, -0.15) is 0 Å². The molecule has 2 rings (SSSR count). The predicted octanol–water partition coefficient (Wildman–Crippen LogP) is 10.1. The van der Waals surface area contributed by atoms with Crippen LogP contribution >= 0.6 is 0 Å². The zero-order chi connectivity index (χ0) is 25.8. The summed E-state index contributed by atoms with van der Waals surface area (Å²) in [4.78, 5) is 0. The van der Waals surface area contributed by atoms with Gasteiger partial charge in [0, 0.05) is 0 Å². The molecular weight excluding hydrogens is 535 g/mol. The first-order chi connectivity index (χ1) is 16.8. The normalized spacial score (nSPS) is 11.7. The van der Waals surface area contributed by atoms with E-state index in [1.807, 2.05) is 0 Å². The van der Waals surface area contributed by atoms with Crippen molar-refractivity contribution in [1.82, 2.24) is 0 Å². The van der Waals surface area contributed by atoms with Crippen LogP contribution in [0.4, 0.5) is 0 Å². The van der Waals surface area contributed by atoms with Crippen LogP contribution in [-0.4, -0.2) is 19.2 Å². The van der Waals surface area contributed by atoms with Gasteiger partial charge in [-0.05, 0) is 0 Å². The molecule has 0 amide bonds. The predicted molar refractivity (Wildman–Crippen MR) is 155 cm³/mol. The summed E-state index contributed by atoms with van der Waals surface area (Å²) in [5.41, 5.74) is 8.35. The molecule has 0 bridgehead atoms. The number of unbranched alkanes of at least 4 members (excludes halogenated alkanes) is 4. The molecule has 0 spiro atoms. The Morgan fingerprint density at radius 3 is 1.26 bits per heavy atom. The number of rotatable bonds is 16. The molecule has 35 heavy (non-hydrogen) atoms. The Morgan fingerprint density at radius 2 is 0.914 bits per heavy atom. The summed E-state index contributed by atoms with van der Waals surface area (Å²) >= 11 is -3.51. The summed E-state index contributed by atoms with van der Waals surface area (Å²) < 4.78 is 16.8. The van der Waals surface area contributed by atoms with Crippen molar-refractivity contribution in [2.24, 2.45) is 0 Å². The van der Waals surface area contributed by atoms with Gasteiger partial charge in [0.25, 0.3) is 0 Å². The SMILES string of the molecule is CCCCc1c([O][Sn]([CH2]CCC)([CH2]CCC)[O]c2ccc(C)c(C)c2CCCC)ccc(C)c1C. The molecule has 2 aromatic carbocycles. The van der Waals surface area contributed by atoms with Gasteiger partial charge < -0.3 is 0 Å². The third-order valence-electron chi connectivity index (χ3n) is 7.63. The minimum absolute atomic E-state index is 1.09. The van der Waals surface area contributed by atoms with Crippen LogP contribution in [-0.2, 0) is 12.8 Å². The second kappa shape index (κ2) is 15.2. The van der Waals surface area contributed by atoms with Crippen LogP contribution in [0.5, 0.6) is 11.5 Å². The monoisotopic (exact) mass is 588 g/mol. The van der Waals surface area contributed by atoms with Crippen molar-refractivity contribution in [3.05, 3.63) is 57.6 Å². The molecule has 0 unspecified atom stereocenters. The molecule has 2 nitrogen and oxygen atoms in total. The summed E-state index contributed by atoms with van der Waals surface area (Å²) in [5.74, 6) is 2.23. The average Bonchev–Trinajstić information content (AvgIpc) is 2.85. The quantitative estimate of drug-likeness (QED) is 0.182. The maximum absolute atomic E-state index is 7.29. The molecule has 0 aromatic heterocycles. The molecular formula is C32H52O2Sn. The Balaban J connectivity index is 2.58. The molecule has 0 saturated carbocycles. The van der Waals surface area contributed by atoms with E-state index >= 15 is 0 Å². The Hall–Kier alpha value is -1.16. The van der Waals surface area contributed by atoms with Gasteiger partial charge in [0.1, 0.15) is 0 Å². The molecule has 0 radical (unpaired) electrons. The number of hydrogen-bond donors (Lipinski definition) is 0. The fourth-order valence-corrected chi connectivity index (χ4v) is 15.3. The number of aryl methyl sites for hydroxylation is 2. The van der Waals surface area contributed by atoms with Gasteiger partial charge in [-0.25, -0.2) is 0 Å². The Kier molecular flexibility index (Phi) is 13.0. The Bertz CT molecular complexity index is 843. The fourth-order valence-electron chi connectivity index (χ4n) is 4.86. The molecule has 0 heterocycles. The molecule has 2 aromatic rings. The van der Waals surface area contributed by atoms with Crippen LogP contribution in [0.1, 0.15) is 112 Å². The minimum atomic E-state index is -3.51. The second-order valence-electron chi connectivity index (χ2n) is 10.5. The van der Waals surface area contributed by atoms with Crippen LogP contribution < -0.4 is 6.15 Å². The molecule has 3 heteroatoms. The third-order valence-corrected chi connectivity index (χ3v) is 17.4. The number of benzene rings is 2. The summed E-state index contributed by atoms with van der Waals surface area (Å²) in [6.45, 7) is 18.1.